The molecule has 1 fully saturated rings. The van der Waals surface area contributed by atoms with Crippen LogP contribution in [0, 0.1) is 0 Å². The Morgan fingerprint density at radius 1 is 1.15 bits per heavy atom. The SMILES string of the molecule is CC(CCc1ccccc1)N1CCN(S(N)(=O)=O)CC1. The second kappa shape index (κ2) is 6.67. The van der Waals surface area contributed by atoms with Gasteiger partial charge in [-0.3, -0.25) is 4.90 Å². The molecule has 0 aliphatic carbocycles. The normalized spacial score (nSPS) is 19.9. The van der Waals surface area contributed by atoms with Crippen molar-refractivity contribution < 1.29 is 8.42 Å². The maximum Gasteiger partial charge on any atom is 0.276 e. The highest BCUT2D eigenvalue weighted by atomic mass is 32.2. The maximum atomic E-state index is 11.3. The van der Waals surface area contributed by atoms with Gasteiger partial charge in [0.15, 0.2) is 0 Å². The first-order chi connectivity index (χ1) is 9.47. The summed E-state index contributed by atoms with van der Waals surface area (Å²) in [5.41, 5.74) is 1.35. The predicted molar refractivity (Wildman–Crippen MR) is 80.5 cm³/mol. The molecule has 0 bridgehead atoms. The van der Waals surface area contributed by atoms with E-state index in [0.717, 1.165) is 25.9 Å². The van der Waals surface area contributed by atoms with Gasteiger partial charge < -0.3 is 0 Å². The van der Waals surface area contributed by atoms with Crippen LogP contribution in [0.25, 0.3) is 0 Å². The van der Waals surface area contributed by atoms with Gasteiger partial charge in [-0.1, -0.05) is 30.3 Å². The molecule has 20 heavy (non-hydrogen) atoms. The highest BCUT2D eigenvalue weighted by molar-refractivity contribution is 7.86. The highest BCUT2D eigenvalue weighted by Crippen LogP contribution is 2.13. The number of aryl methyl sites for hydroxylation is 1. The molecule has 112 valence electrons. The fraction of sp³-hybridized carbons (Fsp3) is 0.571. The Labute approximate surface area is 121 Å². The summed E-state index contributed by atoms with van der Waals surface area (Å²) >= 11 is 0. The predicted octanol–water partition coefficient (Wildman–Crippen LogP) is 0.829. The summed E-state index contributed by atoms with van der Waals surface area (Å²) in [6.07, 6.45) is 2.14. The van der Waals surface area contributed by atoms with E-state index >= 15 is 0 Å². The fourth-order valence-corrected chi connectivity index (χ4v) is 3.27. The average Bonchev–Trinajstić information content (AvgIpc) is 2.45. The van der Waals surface area contributed by atoms with E-state index in [2.05, 4.69) is 36.1 Å². The van der Waals surface area contributed by atoms with Crippen LogP contribution in [-0.2, 0) is 16.6 Å². The second-order valence-corrected chi connectivity index (χ2v) is 6.90. The van der Waals surface area contributed by atoms with Crippen LogP contribution in [0.1, 0.15) is 18.9 Å². The summed E-state index contributed by atoms with van der Waals surface area (Å²) in [7, 11) is -3.52. The molecule has 2 N–H and O–H groups in total. The molecule has 1 heterocycles. The molecule has 5 nitrogen and oxygen atoms in total. The molecular weight excluding hydrogens is 274 g/mol. The Hall–Kier alpha value is -0.950. The minimum absolute atomic E-state index is 0.456. The highest BCUT2D eigenvalue weighted by Gasteiger charge is 2.25. The molecule has 0 aromatic heterocycles. The van der Waals surface area contributed by atoms with E-state index in [1.165, 1.54) is 9.87 Å². The van der Waals surface area contributed by atoms with E-state index in [9.17, 15) is 8.42 Å². The van der Waals surface area contributed by atoms with Crippen LogP contribution < -0.4 is 5.14 Å². The van der Waals surface area contributed by atoms with Crippen molar-refractivity contribution in [1.82, 2.24) is 9.21 Å². The van der Waals surface area contributed by atoms with E-state index in [4.69, 9.17) is 5.14 Å². The number of hydrogen-bond acceptors (Lipinski definition) is 3. The summed E-state index contributed by atoms with van der Waals surface area (Å²) in [6, 6.07) is 10.9. The van der Waals surface area contributed by atoms with Gasteiger partial charge in [-0.05, 0) is 25.3 Å². The van der Waals surface area contributed by atoms with Crippen LogP contribution in [0.5, 0.6) is 0 Å². The molecule has 1 atom stereocenters. The van der Waals surface area contributed by atoms with Crippen LogP contribution in [0.15, 0.2) is 30.3 Å². The third-order valence-electron chi connectivity index (χ3n) is 3.95. The fourth-order valence-electron chi connectivity index (χ4n) is 2.60. The summed E-state index contributed by atoms with van der Waals surface area (Å²) < 4.78 is 23.9. The summed E-state index contributed by atoms with van der Waals surface area (Å²) in [6.45, 7) is 4.71. The standard InChI is InChI=1S/C14H23N3O2S/c1-13(7-8-14-5-3-2-4-6-14)16-9-11-17(12-10-16)20(15,18)19/h2-6,13H,7-12H2,1H3,(H2,15,18,19). The number of nitrogens with zero attached hydrogens (tertiary/aromatic N) is 2. The second-order valence-electron chi connectivity index (χ2n) is 5.35. The lowest BCUT2D eigenvalue weighted by Crippen LogP contribution is -2.52. The third kappa shape index (κ3) is 4.28. The Morgan fingerprint density at radius 3 is 2.30 bits per heavy atom. The van der Waals surface area contributed by atoms with Gasteiger partial charge in [-0.2, -0.15) is 12.7 Å². The minimum Gasteiger partial charge on any atom is -0.298 e. The molecular formula is C14H23N3O2S. The summed E-state index contributed by atoms with van der Waals surface area (Å²) in [5, 5.41) is 5.15. The van der Waals surface area contributed by atoms with Crippen molar-refractivity contribution in [2.75, 3.05) is 26.2 Å². The summed E-state index contributed by atoms with van der Waals surface area (Å²) in [5.74, 6) is 0. The van der Waals surface area contributed by atoms with Crippen molar-refractivity contribution in [3.63, 3.8) is 0 Å². The Kier molecular flexibility index (Phi) is 5.15. The number of piperazine rings is 1. The minimum atomic E-state index is -3.52. The monoisotopic (exact) mass is 297 g/mol. The molecule has 1 aliphatic rings. The molecule has 1 aromatic rings. The van der Waals surface area contributed by atoms with Crippen LogP contribution in [0.3, 0.4) is 0 Å². The van der Waals surface area contributed by atoms with Gasteiger partial charge in [0.05, 0.1) is 0 Å². The van der Waals surface area contributed by atoms with Crippen LogP contribution in [-0.4, -0.2) is 49.8 Å². The van der Waals surface area contributed by atoms with Gasteiger partial charge >= 0.3 is 0 Å². The first kappa shape index (κ1) is 15.4. The van der Waals surface area contributed by atoms with E-state index in [1.54, 1.807) is 0 Å². The maximum absolute atomic E-state index is 11.3. The van der Waals surface area contributed by atoms with Gasteiger partial charge in [0.2, 0.25) is 0 Å². The van der Waals surface area contributed by atoms with Crippen molar-refractivity contribution in [2.45, 2.75) is 25.8 Å². The van der Waals surface area contributed by atoms with Gasteiger partial charge in [-0.25, -0.2) is 5.14 Å². The smallest absolute Gasteiger partial charge is 0.276 e. The topological polar surface area (TPSA) is 66.6 Å². The summed E-state index contributed by atoms with van der Waals surface area (Å²) in [4.78, 5) is 2.34. The van der Waals surface area contributed by atoms with Crippen molar-refractivity contribution in [2.24, 2.45) is 5.14 Å². The number of nitrogens with two attached hydrogens (primary N) is 1. The lowest BCUT2D eigenvalue weighted by molar-refractivity contribution is 0.140. The number of hydrogen-bond donors (Lipinski definition) is 1. The largest absolute Gasteiger partial charge is 0.298 e. The molecule has 0 amide bonds. The van der Waals surface area contributed by atoms with Crippen molar-refractivity contribution in [1.29, 1.82) is 0 Å². The van der Waals surface area contributed by atoms with E-state index in [0.29, 0.717) is 19.1 Å². The lowest BCUT2D eigenvalue weighted by Gasteiger charge is -2.36. The average molecular weight is 297 g/mol. The molecule has 0 spiro atoms. The zero-order chi connectivity index (χ0) is 14.6. The molecule has 0 radical (unpaired) electrons. The van der Waals surface area contributed by atoms with Gasteiger partial charge in [0.1, 0.15) is 0 Å². The van der Waals surface area contributed by atoms with Gasteiger partial charge in [0.25, 0.3) is 10.2 Å². The van der Waals surface area contributed by atoms with Crippen molar-refractivity contribution in [3.8, 4) is 0 Å². The Morgan fingerprint density at radius 2 is 1.75 bits per heavy atom. The van der Waals surface area contributed by atoms with Crippen LogP contribution in [0.2, 0.25) is 0 Å². The Bertz CT molecular complexity index is 510. The molecule has 1 aromatic carbocycles. The number of benzene rings is 1. The molecule has 0 saturated carbocycles. The zero-order valence-corrected chi connectivity index (χ0v) is 12.7. The van der Waals surface area contributed by atoms with Gasteiger partial charge in [-0.15, -0.1) is 0 Å². The first-order valence-electron chi connectivity index (χ1n) is 7.02. The molecule has 1 unspecified atom stereocenters. The van der Waals surface area contributed by atoms with Crippen LogP contribution >= 0.6 is 0 Å². The van der Waals surface area contributed by atoms with E-state index in [1.807, 2.05) is 6.07 Å². The first-order valence-corrected chi connectivity index (χ1v) is 8.53. The van der Waals surface area contributed by atoms with E-state index < -0.39 is 10.2 Å². The zero-order valence-electron chi connectivity index (χ0n) is 11.9. The molecule has 6 heteroatoms. The quantitative estimate of drug-likeness (QED) is 0.875. The van der Waals surface area contributed by atoms with E-state index in [-0.39, 0.29) is 0 Å². The van der Waals surface area contributed by atoms with Crippen LogP contribution in [0.4, 0.5) is 0 Å². The molecule has 2 rings (SSSR count). The van der Waals surface area contributed by atoms with Crippen molar-refractivity contribution in [3.05, 3.63) is 35.9 Å². The molecule has 1 aliphatic heterocycles. The third-order valence-corrected chi connectivity index (χ3v) is 5.04. The molecule has 1 saturated heterocycles. The Balaban J connectivity index is 1.79. The number of rotatable bonds is 5. The van der Waals surface area contributed by atoms with Crippen molar-refractivity contribution >= 4 is 10.2 Å². The lowest BCUT2D eigenvalue weighted by atomic mass is 10.0. The van der Waals surface area contributed by atoms with Gasteiger partial charge in [0, 0.05) is 32.2 Å².